The first-order chi connectivity index (χ1) is 8.58. The molecule has 0 aliphatic heterocycles. The Labute approximate surface area is 119 Å². The van der Waals surface area contributed by atoms with E-state index in [2.05, 4.69) is 4.98 Å². The number of aromatic nitrogens is 2. The molecule has 18 heavy (non-hydrogen) atoms. The molecule has 0 aliphatic rings. The van der Waals surface area contributed by atoms with Crippen molar-refractivity contribution >= 4 is 28.3 Å². The van der Waals surface area contributed by atoms with Gasteiger partial charge in [-0.2, -0.15) is 0 Å². The number of halogens is 1. The van der Waals surface area contributed by atoms with Crippen molar-refractivity contribution in [1.29, 1.82) is 0 Å². The molecule has 0 saturated heterocycles. The predicted octanol–water partition coefficient (Wildman–Crippen LogP) is 1.98. The largest absolute Gasteiger partial charge is 0.399 e. The molecule has 0 bridgehead atoms. The second-order valence-electron chi connectivity index (χ2n) is 4.13. The molecule has 2 N–H and O–H groups in total. The van der Waals surface area contributed by atoms with Crippen molar-refractivity contribution in [2.75, 3.05) is 5.73 Å². The number of nitrogen functional groups attached to an aromatic ring is 1. The first kappa shape index (κ1) is 13.1. The van der Waals surface area contributed by atoms with Gasteiger partial charge in [0.1, 0.15) is 0 Å². The lowest BCUT2D eigenvalue weighted by Crippen LogP contribution is -2.24. The highest BCUT2D eigenvalue weighted by molar-refractivity contribution is 14.1. The van der Waals surface area contributed by atoms with Crippen molar-refractivity contribution in [2.24, 2.45) is 0 Å². The van der Waals surface area contributed by atoms with Crippen LogP contribution in [0.5, 0.6) is 0 Å². The second-order valence-corrected chi connectivity index (χ2v) is 5.21. The minimum atomic E-state index is 0.0264. The van der Waals surface area contributed by atoms with E-state index < -0.39 is 0 Å². The maximum atomic E-state index is 12.0. The van der Waals surface area contributed by atoms with Crippen LogP contribution in [0.2, 0.25) is 0 Å². The number of rotatable bonds is 3. The van der Waals surface area contributed by atoms with Crippen molar-refractivity contribution in [3.8, 4) is 0 Å². The summed E-state index contributed by atoms with van der Waals surface area (Å²) in [7, 11) is 0. The number of nitrogens with two attached hydrogens (primary N) is 1. The summed E-state index contributed by atoms with van der Waals surface area (Å²) >= 11 is 2.04. The Balaban J connectivity index is 2.14. The number of hydrogen-bond donors (Lipinski definition) is 1. The number of aryl methyl sites for hydroxylation is 3. The van der Waals surface area contributed by atoms with Gasteiger partial charge in [0.25, 0.3) is 5.56 Å². The average molecular weight is 355 g/mol. The van der Waals surface area contributed by atoms with Crippen LogP contribution in [-0.4, -0.2) is 9.55 Å². The Morgan fingerprint density at radius 2 is 2.00 bits per heavy atom. The standard InChI is InChI=1S/C13H14IN3O/c1-9-12(14)13(18)17(8-16-9)7-6-10-2-4-11(15)5-3-10/h2-5,8H,6-7,15H2,1H3. The fraction of sp³-hybridized carbons (Fsp3) is 0.231. The highest BCUT2D eigenvalue weighted by Crippen LogP contribution is 2.07. The lowest BCUT2D eigenvalue weighted by Gasteiger charge is -2.07. The lowest BCUT2D eigenvalue weighted by molar-refractivity contribution is 0.647. The Bertz CT molecular complexity index is 605. The van der Waals surface area contributed by atoms with E-state index in [-0.39, 0.29) is 5.56 Å². The molecule has 0 aliphatic carbocycles. The molecule has 4 nitrogen and oxygen atoms in total. The quantitative estimate of drug-likeness (QED) is 0.677. The molecular formula is C13H14IN3O. The fourth-order valence-electron chi connectivity index (χ4n) is 1.64. The summed E-state index contributed by atoms with van der Waals surface area (Å²) in [6.07, 6.45) is 2.40. The Hall–Kier alpha value is -1.37. The van der Waals surface area contributed by atoms with Crippen LogP contribution >= 0.6 is 22.6 Å². The summed E-state index contributed by atoms with van der Waals surface area (Å²) in [4.78, 5) is 16.2. The van der Waals surface area contributed by atoms with Crippen LogP contribution in [-0.2, 0) is 13.0 Å². The lowest BCUT2D eigenvalue weighted by atomic mass is 10.1. The van der Waals surface area contributed by atoms with Crippen molar-refractivity contribution in [3.63, 3.8) is 0 Å². The Morgan fingerprint density at radius 3 is 2.67 bits per heavy atom. The summed E-state index contributed by atoms with van der Waals surface area (Å²) in [5.41, 5.74) is 8.35. The molecule has 2 rings (SSSR count). The third kappa shape index (κ3) is 2.90. The van der Waals surface area contributed by atoms with Gasteiger partial charge in [0.05, 0.1) is 15.6 Å². The number of hydrogen-bond acceptors (Lipinski definition) is 3. The summed E-state index contributed by atoms with van der Waals surface area (Å²) in [6, 6.07) is 7.70. The van der Waals surface area contributed by atoms with E-state index in [0.717, 1.165) is 23.4 Å². The molecule has 5 heteroatoms. The van der Waals surface area contributed by atoms with Crippen LogP contribution in [0, 0.1) is 10.5 Å². The van der Waals surface area contributed by atoms with E-state index in [4.69, 9.17) is 5.73 Å². The zero-order valence-electron chi connectivity index (χ0n) is 10.1. The summed E-state index contributed by atoms with van der Waals surface area (Å²) in [6.45, 7) is 2.47. The first-order valence-corrected chi connectivity index (χ1v) is 6.72. The zero-order valence-corrected chi connectivity index (χ0v) is 12.2. The van der Waals surface area contributed by atoms with E-state index >= 15 is 0 Å². The molecule has 0 fully saturated rings. The molecule has 1 aromatic heterocycles. The second kappa shape index (κ2) is 5.51. The van der Waals surface area contributed by atoms with Gasteiger partial charge >= 0.3 is 0 Å². The Morgan fingerprint density at radius 1 is 1.33 bits per heavy atom. The Kier molecular flexibility index (Phi) is 4.00. The molecule has 94 valence electrons. The van der Waals surface area contributed by atoms with Crippen LogP contribution in [0.1, 0.15) is 11.3 Å². The van der Waals surface area contributed by atoms with Gasteiger partial charge in [0.2, 0.25) is 0 Å². The molecule has 1 heterocycles. The normalized spacial score (nSPS) is 10.6. The topological polar surface area (TPSA) is 60.9 Å². The average Bonchev–Trinajstić information content (AvgIpc) is 2.37. The minimum absolute atomic E-state index is 0.0264. The minimum Gasteiger partial charge on any atom is -0.399 e. The number of nitrogens with zero attached hydrogens (tertiary/aromatic N) is 2. The van der Waals surface area contributed by atoms with Gasteiger partial charge in [-0.05, 0) is 53.6 Å². The van der Waals surface area contributed by atoms with E-state index in [1.807, 2.05) is 53.8 Å². The van der Waals surface area contributed by atoms with Crippen molar-refractivity contribution in [1.82, 2.24) is 9.55 Å². The smallest absolute Gasteiger partial charge is 0.267 e. The molecule has 0 unspecified atom stereocenters. The van der Waals surface area contributed by atoms with Gasteiger partial charge in [0.15, 0.2) is 0 Å². The van der Waals surface area contributed by atoms with Crippen molar-refractivity contribution in [2.45, 2.75) is 19.9 Å². The first-order valence-electron chi connectivity index (χ1n) is 5.64. The van der Waals surface area contributed by atoms with Gasteiger partial charge in [-0.25, -0.2) is 4.98 Å². The molecule has 1 aromatic carbocycles. The van der Waals surface area contributed by atoms with Crippen LogP contribution < -0.4 is 11.3 Å². The van der Waals surface area contributed by atoms with E-state index in [9.17, 15) is 4.79 Å². The monoisotopic (exact) mass is 355 g/mol. The van der Waals surface area contributed by atoms with Gasteiger partial charge in [-0.15, -0.1) is 0 Å². The number of anilines is 1. The number of benzene rings is 1. The van der Waals surface area contributed by atoms with Crippen molar-refractivity contribution in [3.05, 3.63) is 55.8 Å². The van der Waals surface area contributed by atoms with Gasteiger partial charge in [-0.3, -0.25) is 9.36 Å². The highest BCUT2D eigenvalue weighted by Gasteiger charge is 2.05. The molecule has 0 atom stereocenters. The molecular weight excluding hydrogens is 341 g/mol. The molecule has 0 saturated carbocycles. The maximum absolute atomic E-state index is 12.0. The van der Waals surface area contributed by atoms with E-state index in [0.29, 0.717) is 10.1 Å². The maximum Gasteiger partial charge on any atom is 0.267 e. The van der Waals surface area contributed by atoms with Gasteiger partial charge in [-0.1, -0.05) is 12.1 Å². The van der Waals surface area contributed by atoms with Crippen LogP contribution in [0.25, 0.3) is 0 Å². The van der Waals surface area contributed by atoms with Crippen molar-refractivity contribution < 1.29 is 0 Å². The highest BCUT2D eigenvalue weighted by atomic mass is 127. The summed E-state index contributed by atoms with van der Waals surface area (Å²) in [5, 5.41) is 0. The molecule has 0 spiro atoms. The van der Waals surface area contributed by atoms with E-state index in [1.165, 1.54) is 0 Å². The van der Waals surface area contributed by atoms with Crippen LogP contribution in [0.15, 0.2) is 35.4 Å². The van der Waals surface area contributed by atoms with Gasteiger partial charge < -0.3 is 5.73 Å². The summed E-state index contributed by atoms with van der Waals surface area (Å²) < 4.78 is 2.33. The third-order valence-electron chi connectivity index (χ3n) is 2.78. The van der Waals surface area contributed by atoms with E-state index in [1.54, 1.807) is 10.9 Å². The fourth-order valence-corrected chi connectivity index (χ4v) is 2.09. The molecule has 0 radical (unpaired) electrons. The van der Waals surface area contributed by atoms with Gasteiger partial charge in [0, 0.05) is 12.2 Å². The third-order valence-corrected chi connectivity index (χ3v) is 4.02. The SMILES string of the molecule is Cc1ncn(CCc2ccc(N)cc2)c(=O)c1I. The zero-order chi connectivity index (χ0) is 13.1. The molecule has 0 amide bonds. The molecule has 2 aromatic rings. The van der Waals surface area contributed by atoms with Crippen LogP contribution in [0.3, 0.4) is 0 Å². The summed E-state index contributed by atoms with van der Waals surface area (Å²) in [5.74, 6) is 0. The van der Waals surface area contributed by atoms with Crippen LogP contribution in [0.4, 0.5) is 5.69 Å². The predicted molar refractivity (Wildman–Crippen MR) is 80.5 cm³/mol.